The van der Waals surface area contributed by atoms with Crippen LogP contribution in [0.5, 0.6) is 5.88 Å². The first-order chi connectivity index (χ1) is 12.5. The minimum Gasteiger partial charge on any atom is -0.470 e. The van der Waals surface area contributed by atoms with Gasteiger partial charge < -0.3 is 19.9 Å². The van der Waals surface area contributed by atoms with Gasteiger partial charge in [0.05, 0.1) is 6.54 Å². The molecule has 1 fully saturated rings. The molecule has 2 heterocycles. The monoisotopic (exact) mass is 355 g/mol. The highest BCUT2D eigenvalue weighted by Gasteiger charge is 2.26. The second-order valence-corrected chi connectivity index (χ2v) is 6.71. The smallest absolute Gasteiger partial charge is 0.321 e. The molecule has 1 aromatic heterocycles. The predicted octanol–water partition coefficient (Wildman–Crippen LogP) is 2.93. The number of hydrogen-bond acceptors (Lipinski definition) is 5. The zero-order valence-corrected chi connectivity index (χ0v) is 15.5. The van der Waals surface area contributed by atoms with Crippen LogP contribution >= 0.6 is 0 Å². The molecule has 26 heavy (non-hydrogen) atoms. The molecule has 7 heteroatoms. The number of benzene rings is 1. The Labute approximate surface area is 154 Å². The molecule has 1 N–H and O–H groups in total. The molecule has 0 aliphatic carbocycles. The summed E-state index contributed by atoms with van der Waals surface area (Å²) in [7, 11) is 3.80. The molecule has 0 saturated carbocycles. The number of likely N-dealkylation sites (tertiary alicyclic amines) is 1. The molecule has 1 aliphatic rings. The molecule has 3 rings (SSSR count). The number of carbonyl (C=O) groups is 1. The third-order valence-electron chi connectivity index (χ3n) is 4.28. The van der Waals surface area contributed by atoms with E-state index in [1.807, 2.05) is 50.2 Å². The zero-order valence-electron chi connectivity index (χ0n) is 15.5. The first-order valence-electron chi connectivity index (χ1n) is 8.80. The van der Waals surface area contributed by atoms with Crippen LogP contribution in [0.2, 0.25) is 0 Å². The van der Waals surface area contributed by atoms with Crippen molar-refractivity contribution in [2.24, 2.45) is 0 Å². The van der Waals surface area contributed by atoms with Crippen molar-refractivity contribution in [1.29, 1.82) is 0 Å². The summed E-state index contributed by atoms with van der Waals surface area (Å²) in [6, 6.07) is 7.69. The van der Waals surface area contributed by atoms with E-state index in [0.717, 1.165) is 30.6 Å². The summed E-state index contributed by atoms with van der Waals surface area (Å²) in [4.78, 5) is 24.8. The van der Waals surface area contributed by atoms with Crippen molar-refractivity contribution in [3.8, 4) is 5.88 Å². The summed E-state index contributed by atoms with van der Waals surface area (Å²) in [5.41, 5.74) is 1.92. The number of carbonyl (C=O) groups excluding carboxylic acids is 1. The molecular formula is C19H25N5O2. The van der Waals surface area contributed by atoms with Crippen molar-refractivity contribution in [3.63, 3.8) is 0 Å². The summed E-state index contributed by atoms with van der Waals surface area (Å²) in [6.45, 7) is 3.25. The Morgan fingerprint density at radius 3 is 2.88 bits per heavy atom. The lowest BCUT2D eigenvalue weighted by Crippen LogP contribution is -2.46. The van der Waals surface area contributed by atoms with E-state index >= 15 is 0 Å². The lowest BCUT2D eigenvalue weighted by Gasteiger charge is -2.33. The average Bonchev–Trinajstić information content (AvgIpc) is 2.62. The number of urea groups is 1. The van der Waals surface area contributed by atoms with Crippen LogP contribution in [-0.2, 0) is 0 Å². The van der Waals surface area contributed by atoms with Gasteiger partial charge in [-0.25, -0.2) is 14.8 Å². The maximum Gasteiger partial charge on any atom is 0.321 e. The average molecular weight is 355 g/mol. The lowest BCUT2D eigenvalue weighted by molar-refractivity contribution is 0.103. The molecule has 1 saturated heterocycles. The topological polar surface area (TPSA) is 70.6 Å². The van der Waals surface area contributed by atoms with Crippen molar-refractivity contribution in [1.82, 2.24) is 14.9 Å². The molecule has 7 nitrogen and oxygen atoms in total. The second-order valence-electron chi connectivity index (χ2n) is 6.71. The van der Waals surface area contributed by atoms with Crippen molar-refractivity contribution < 1.29 is 9.53 Å². The van der Waals surface area contributed by atoms with Gasteiger partial charge in [0.15, 0.2) is 5.82 Å². The third-order valence-corrected chi connectivity index (χ3v) is 4.28. The third kappa shape index (κ3) is 4.41. The zero-order chi connectivity index (χ0) is 18.5. The maximum absolute atomic E-state index is 12.6. The Morgan fingerprint density at radius 1 is 1.31 bits per heavy atom. The van der Waals surface area contributed by atoms with Gasteiger partial charge in [-0.05, 0) is 37.5 Å². The van der Waals surface area contributed by atoms with E-state index in [2.05, 4.69) is 15.3 Å². The van der Waals surface area contributed by atoms with Gasteiger partial charge in [-0.15, -0.1) is 0 Å². The summed E-state index contributed by atoms with van der Waals surface area (Å²) in [5.74, 6) is 1.19. The molecule has 1 atom stereocenters. The second kappa shape index (κ2) is 8.03. The van der Waals surface area contributed by atoms with Gasteiger partial charge in [0.25, 0.3) is 5.88 Å². The summed E-state index contributed by atoms with van der Waals surface area (Å²) < 4.78 is 6.06. The SMILES string of the molecule is Cc1cccc(NC(=O)N2CCCC(Oc3nccnc3N(C)C)C2)c1. The first-order valence-corrected chi connectivity index (χ1v) is 8.80. The number of ether oxygens (including phenoxy) is 1. The van der Waals surface area contributed by atoms with E-state index in [1.54, 1.807) is 17.3 Å². The number of nitrogens with zero attached hydrogens (tertiary/aromatic N) is 4. The van der Waals surface area contributed by atoms with Crippen LogP contribution in [0, 0.1) is 6.92 Å². The lowest BCUT2D eigenvalue weighted by atomic mass is 10.1. The summed E-state index contributed by atoms with van der Waals surface area (Å²) >= 11 is 0. The van der Waals surface area contributed by atoms with Crippen LogP contribution < -0.4 is 15.0 Å². The Bertz CT molecular complexity index is 765. The molecule has 0 spiro atoms. The quantitative estimate of drug-likeness (QED) is 0.913. The highest BCUT2D eigenvalue weighted by Crippen LogP contribution is 2.24. The molecule has 138 valence electrons. The summed E-state index contributed by atoms with van der Waals surface area (Å²) in [5, 5.41) is 2.96. The molecule has 1 unspecified atom stereocenters. The normalized spacial score (nSPS) is 16.9. The van der Waals surface area contributed by atoms with E-state index in [9.17, 15) is 4.79 Å². The van der Waals surface area contributed by atoms with Crippen LogP contribution in [0.1, 0.15) is 18.4 Å². The molecule has 0 bridgehead atoms. The van der Waals surface area contributed by atoms with Gasteiger partial charge in [0.2, 0.25) is 0 Å². The number of aromatic nitrogens is 2. The number of nitrogens with one attached hydrogen (secondary N) is 1. The van der Waals surface area contributed by atoms with Gasteiger partial charge in [-0.2, -0.15) is 0 Å². The largest absolute Gasteiger partial charge is 0.470 e. The van der Waals surface area contributed by atoms with Crippen LogP contribution in [-0.4, -0.2) is 54.2 Å². The number of hydrogen-bond donors (Lipinski definition) is 1. The Kier molecular flexibility index (Phi) is 5.55. The van der Waals surface area contributed by atoms with E-state index in [-0.39, 0.29) is 12.1 Å². The highest BCUT2D eigenvalue weighted by molar-refractivity contribution is 5.89. The van der Waals surface area contributed by atoms with Gasteiger partial charge in [-0.3, -0.25) is 0 Å². The van der Waals surface area contributed by atoms with Crippen LogP contribution in [0.4, 0.5) is 16.3 Å². The molecule has 1 aromatic carbocycles. The molecule has 2 amide bonds. The number of amides is 2. The molecule has 1 aliphatic heterocycles. The predicted molar refractivity (Wildman–Crippen MR) is 102 cm³/mol. The van der Waals surface area contributed by atoms with E-state index in [1.165, 1.54) is 0 Å². The first kappa shape index (κ1) is 18.0. The fourth-order valence-electron chi connectivity index (χ4n) is 3.01. The Morgan fingerprint density at radius 2 is 2.12 bits per heavy atom. The minimum atomic E-state index is -0.101. The number of anilines is 2. The fraction of sp³-hybridized carbons (Fsp3) is 0.421. The van der Waals surface area contributed by atoms with E-state index in [0.29, 0.717) is 18.2 Å². The van der Waals surface area contributed by atoms with Crippen molar-refractivity contribution in [2.75, 3.05) is 37.4 Å². The van der Waals surface area contributed by atoms with E-state index in [4.69, 9.17) is 4.74 Å². The maximum atomic E-state index is 12.6. The number of rotatable bonds is 4. The fourth-order valence-corrected chi connectivity index (χ4v) is 3.01. The Balaban J connectivity index is 1.63. The van der Waals surface area contributed by atoms with Crippen LogP contribution in [0.15, 0.2) is 36.7 Å². The highest BCUT2D eigenvalue weighted by atomic mass is 16.5. The van der Waals surface area contributed by atoms with Crippen molar-refractivity contribution >= 4 is 17.5 Å². The number of piperidine rings is 1. The molecule has 2 aromatic rings. The number of aryl methyl sites for hydroxylation is 1. The van der Waals surface area contributed by atoms with E-state index < -0.39 is 0 Å². The molecular weight excluding hydrogens is 330 g/mol. The standard InChI is InChI=1S/C19H25N5O2/c1-14-6-4-7-15(12-14)22-19(25)24-11-5-8-16(13-24)26-18-17(23(2)3)20-9-10-21-18/h4,6-7,9-10,12,16H,5,8,11,13H2,1-3H3,(H,22,25). The van der Waals surface area contributed by atoms with Crippen molar-refractivity contribution in [3.05, 3.63) is 42.2 Å². The van der Waals surface area contributed by atoms with Gasteiger partial charge in [-0.1, -0.05) is 12.1 Å². The summed E-state index contributed by atoms with van der Waals surface area (Å²) in [6.07, 6.45) is 4.95. The minimum absolute atomic E-state index is 0.0950. The van der Waals surface area contributed by atoms with Crippen molar-refractivity contribution in [2.45, 2.75) is 25.9 Å². The molecule has 0 radical (unpaired) electrons. The van der Waals surface area contributed by atoms with Gasteiger partial charge in [0.1, 0.15) is 6.10 Å². The van der Waals surface area contributed by atoms with Crippen LogP contribution in [0.3, 0.4) is 0 Å². The Hall–Kier alpha value is -2.83. The van der Waals surface area contributed by atoms with Gasteiger partial charge in [0, 0.05) is 38.7 Å². The van der Waals surface area contributed by atoms with Gasteiger partial charge >= 0.3 is 6.03 Å². The van der Waals surface area contributed by atoms with Crippen LogP contribution in [0.25, 0.3) is 0 Å².